The average molecular weight is 334 g/mol. The van der Waals surface area contributed by atoms with Crippen molar-refractivity contribution in [1.29, 1.82) is 0 Å². The number of carbonyl (C=O) groups is 1. The van der Waals surface area contributed by atoms with Crippen molar-refractivity contribution in [3.63, 3.8) is 0 Å². The second-order valence-electron chi connectivity index (χ2n) is 5.03. The van der Waals surface area contributed by atoms with Gasteiger partial charge in [0.05, 0.1) is 16.7 Å². The minimum absolute atomic E-state index is 0.0576. The van der Waals surface area contributed by atoms with E-state index in [9.17, 15) is 18.3 Å². The maximum atomic E-state index is 12.3. The molecule has 0 amide bonds. The quantitative estimate of drug-likeness (QED) is 0.776. The Bertz CT molecular complexity index is 646. The SMILES string of the molecule is O=C(O)c1ccc(Cl)c(S(=O)(=O)N[C@@H]2CCCC[C@H]2O)c1. The van der Waals surface area contributed by atoms with E-state index in [4.69, 9.17) is 16.7 Å². The molecule has 1 aliphatic rings. The van der Waals surface area contributed by atoms with Gasteiger partial charge < -0.3 is 10.2 Å². The lowest BCUT2D eigenvalue weighted by atomic mass is 9.93. The van der Waals surface area contributed by atoms with Crippen LogP contribution in [0.15, 0.2) is 23.1 Å². The largest absolute Gasteiger partial charge is 0.478 e. The van der Waals surface area contributed by atoms with Crippen LogP contribution in [0.25, 0.3) is 0 Å². The first-order chi connectivity index (χ1) is 9.81. The van der Waals surface area contributed by atoms with E-state index in [1.165, 1.54) is 12.1 Å². The summed E-state index contributed by atoms with van der Waals surface area (Å²) in [6.07, 6.45) is 2.02. The number of aromatic carboxylic acids is 1. The molecule has 0 radical (unpaired) electrons. The van der Waals surface area contributed by atoms with Gasteiger partial charge in [-0.15, -0.1) is 0 Å². The number of hydrogen-bond donors (Lipinski definition) is 3. The van der Waals surface area contributed by atoms with Gasteiger partial charge in [0.2, 0.25) is 10.0 Å². The summed E-state index contributed by atoms with van der Waals surface area (Å²) in [7, 11) is -3.98. The molecule has 21 heavy (non-hydrogen) atoms. The summed E-state index contributed by atoms with van der Waals surface area (Å²) in [6.45, 7) is 0. The molecule has 1 saturated carbocycles. The molecule has 2 rings (SSSR count). The first-order valence-electron chi connectivity index (χ1n) is 6.54. The van der Waals surface area contributed by atoms with Crippen LogP contribution in [-0.4, -0.2) is 36.7 Å². The van der Waals surface area contributed by atoms with Crippen molar-refractivity contribution in [2.24, 2.45) is 0 Å². The Morgan fingerprint density at radius 2 is 1.95 bits per heavy atom. The molecule has 0 unspecified atom stereocenters. The van der Waals surface area contributed by atoms with Crippen LogP contribution in [0.4, 0.5) is 0 Å². The zero-order valence-corrected chi connectivity index (χ0v) is 12.7. The molecule has 0 aromatic heterocycles. The molecular formula is C13H16ClNO5S. The van der Waals surface area contributed by atoms with Gasteiger partial charge in [0.1, 0.15) is 4.90 Å². The van der Waals surface area contributed by atoms with Crippen LogP contribution in [0.3, 0.4) is 0 Å². The number of hydrogen-bond acceptors (Lipinski definition) is 4. The summed E-state index contributed by atoms with van der Waals surface area (Å²) < 4.78 is 27.1. The Kier molecular flexibility index (Phi) is 4.88. The fourth-order valence-electron chi connectivity index (χ4n) is 2.35. The maximum absolute atomic E-state index is 12.3. The van der Waals surface area contributed by atoms with E-state index in [1.54, 1.807) is 0 Å². The summed E-state index contributed by atoms with van der Waals surface area (Å²) in [4.78, 5) is 10.6. The molecular weight excluding hydrogens is 318 g/mol. The van der Waals surface area contributed by atoms with E-state index < -0.39 is 28.1 Å². The second kappa shape index (κ2) is 6.31. The van der Waals surface area contributed by atoms with Crippen LogP contribution in [0.5, 0.6) is 0 Å². The van der Waals surface area contributed by atoms with Gasteiger partial charge in [-0.1, -0.05) is 24.4 Å². The van der Waals surface area contributed by atoms with Gasteiger partial charge in [0.15, 0.2) is 0 Å². The molecule has 116 valence electrons. The maximum Gasteiger partial charge on any atom is 0.335 e. The molecule has 8 heteroatoms. The summed E-state index contributed by atoms with van der Waals surface area (Å²) in [5.74, 6) is -1.24. The molecule has 0 saturated heterocycles. The van der Waals surface area contributed by atoms with E-state index in [1.807, 2.05) is 0 Å². The van der Waals surface area contributed by atoms with Gasteiger partial charge >= 0.3 is 5.97 Å². The van der Waals surface area contributed by atoms with Gasteiger partial charge in [-0.2, -0.15) is 0 Å². The van der Waals surface area contributed by atoms with Crippen LogP contribution in [0.2, 0.25) is 5.02 Å². The number of sulfonamides is 1. The van der Waals surface area contributed by atoms with Crippen molar-refractivity contribution < 1.29 is 23.4 Å². The Morgan fingerprint density at radius 3 is 2.57 bits per heavy atom. The summed E-state index contributed by atoms with van der Waals surface area (Å²) in [5.41, 5.74) is -0.163. The van der Waals surface area contributed by atoms with Crippen molar-refractivity contribution in [3.05, 3.63) is 28.8 Å². The van der Waals surface area contributed by atoms with Gasteiger partial charge in [-0.3, -0.25) is 0 Å². The van der Waals surface area contributed by atoms with Crippen LogP contribution in [0, 0.1) is 0 Å². The number of nitrogens with one attached hydrogen (secondary N) is 1. The number of benzene rings is 1. The first-order valence-corrected chi connectivity index (χ1v) is 8.40. The lowest BCUT2D eigenvalue weighted by molar-refractivity contribution is 0.0696. The highest BCUT2D eigenvalue weighted by Crippen LogP contribution is 2.25. The molecule has 1 aromatic rings. The lowest BCUT2D eigenvalue weighted by Crippen LogP contribution is -2.45. The third-order valence-electron chi connectivity index (χ3n) is 3.50. The highest BCUT2D eigenvalue weighted by molar-refractivity contribution is 7.89. The number of aliphatic hydroxyl groups is 1. The standard InChI is InChI=1S/C13H16ClNO5S/c14-9-6-5-8(13(17)18)7-12(9)21(19,20)15-10-3-1-2-4-11(10)16/h5-7,10-11,15-16H,1-4H2,(H,17,18)/t10-,11-/m1/s1. The van der Waals surface area contributed by atoms with Crippen LogP contribution in [0.1, 0.15) is 36.0 Å². The smallest absolute Gasteiger partial charge is 0.335 e. The van der Waals surface area contributed by atoms with Crippen molar-refractivity contribution in [3.8, 4) is 0 Å². The molecule has 1 fully saturated rings. The zero-order chi connectivity index (χ0) is 15.6. The summed E-state index contributed by atoms with van der Waals surface area (Å²) >= 11 is 5.86. The normalized spacial score (nSPS) is 23.0. The predicted octanol–water partition coefficient (Wildman–Crippen LogP) is 1.62. The van der Waals surface area contributed by atoms with Gasteiger partial charge in [-0.05, 0) is 31.0 Å². The minimum atomic E-state index is -3.98. The third kappa shape index (κ3) is 3.74. The van der Waals surface area contributed by atoms with Gasteiger partial charge in [-0.25, -0.2) is 17.9 Å². The molecule has 0 spiro atoms. The zero-order valence-electron chi connectivity index (χ0n) is 11.1. The third-order valence-corrected chi connectivity index (χ3v) is 5.48. The highest BCUT2D eigenvalue weighted by Gasteiger charge is 2.29. The van der Waals surface area contributed by atoms with E-state index in [0.29, 0.717) is 12.8 Å². The number of carboxylic acids is 1. The summed E-state index contributed by atoms with van der Waals surface area (Å²) in [6, 6.07) is 2.91. The number of carboxylic acid groups (broad SMARTS) is 1. The second-order valence-corrected chi connectivity index (χ2v) is 7.12. The topological polar surface area (TPSA) is 104 Å². The minimum Gasteiger partial charge on any atom is -0.478 e. The van der Waals surface area contributed by atoms with E-state index >= 15 is 0 Å². The van der Waals surface area contributed by atoms with E-state index in [2.05, 4.69) is 4.72 Å². The molecule has 0 heterocycles. The van der Waals surface area contributed by atoms with Crippen molar-refractivity contribution >= 4 is 27.6 Å². The predicted molar refractivity (Wildman–Crippen MR) is 77.0 cm³/mol. The molecule has 1 aliphatic carbocycles. The summed E-state index contributed by atoms with van der Waals surface area (Å²) in [5, 5.41) is 18.7. The van der Waals surface area contributed by atoms with Gasteiger partial charge in [0, 0.05) is 6.04 Å². The van der Waals surface area contributed by atoms with Crippen molar-refractivity contribution in [1.82, 2.24) is 4.72 Å². The lowest BCUT2D eigenvalue weighted by Gasteiger charge is -2.28. The molecule has 3 N–H and O–H groups in total. The molecule has 6 nitrogen and oxygen atoms in total. The Hall–Kier alpha value is -1.15. The van der Waals surface area contributed by atoms with Crippen molar-refractivity contribution in [2.75, 3.05) is 0 Å². The highest BCUT2D eigenvalue weighted by atomic mass is 35.5. The molecule has 2 atom stereocenters. The van der Waals surface area contributed by atoms with Crippen LogP contribution in [-0.2, 0) is 10.0 Å². The first kappa shape index (κ1) is 16.2. The van der Waals surface area contributed by atoms with E-state index in [-0.39, 0.29) is 15.5 Å². The van der Waals surface area contributed by atoms with Crippen molar-refractivity contribution in [2.45, 2.75) is 42.7 Å². The Morgan fingerprint density at radius 1 is 1.29 bits per heavy atom. The number of aliphatic hydroxyl groups excluding tert-OH is 1. The number of rotatable bonds is 4. The van der Waals surface area contributed by atoms with E-state index in [0.717, 1.165) is 18.9 Å². The average Bonchev–Trinajstić information content (AvgIpc) is 2.41. The number of halogens is 1. The van der Waals surface area contributed by atoms with Gasteiger partial charge in [0.25, 0.3) is 0 Å². The Labute approximate surface area is 127 Å². The van der Waals surface area contributed by atoms with Crippen LogP contribution >= 0.6 is 11.6 Å². The Balaban J connectivity index is 2.30. The fourth-order valence-corrected chi connectivity index (χ4v) is 4.18. The molecule has 0 aliphatic heterocycles. The fraction of sp³-hybridized carbons (Fsp3) is 0.462. The van der Waals surface area contributed by atoms with Crippen LogP contribution < -0.4 is 4.72 Å². The molecule has 1 aromatic carbocycles. The molecule has 0 bridgehead atoms. The monoisotopic (exact) mass is 333 g/mol.